The molecule has 1 aliphatic carbocycles. The van der Waals surface area contributed by atoms with Crippen molar-refractivity contribution in [1.82, 2.24) is 5.32 Å². The SMILES string of the molecule is CCCNC(CCc1c(F)cccc1F)C1CC1. The monoisotopic (exact) mass is 253 g/mol. The molecule has 1 aromatic carbocycles. The van der Waals surface area contributed by atoms with Gasteiger partial charge in [-0.1, -0.05) is 13.0 Å². The van der Waals surface area contributed by atoms with Gasteiger partial charge in [-0.15, -0.1) is 0 Å². The maximum absolute atomic E-state index is 13.5. The molecule has 0 radical (unpaired) electrons. The molecule has 1 fully saturated rings. The summed E-state index contributed by atoms with van der Waals surface area (Å²) >= 11 is 0. The summed E-state index contributed by atoms with van der Waals surface area (Å²) in [5.74, 6) is -0.119. The van der Waals surface area contributed by atoms with E-state index in [0.29, 0.717) is 18.4 Å². The largest absolute Gasteiger partial charge is 0.314 e. The number of hydrogen-bond donors (Lipinski definition) is 1. The molecule has 1 N–H and O–H groups in total. The highest BCUT2D eigenvalue weighted by Gasteiger charge is 2.30. The molecule has 0 saturated heterocycles. The Morgan fingerprint density at radius 2 is 1.94 bits per heavy atom. The standard InChI is InChI=1S/C15H21F2N/c1-2-10-18-15(11-6-7-11)9-8-12-13(16)4-3-5-14(12)17/h3-5,11,15,18H,2,6-10H2,1H3. The van der Waals surface area contributed by atoms with Crippen LogP contribution in [0.4, 0.5) is 8.78 Å². The number of halogens is 2. The molecule has 0 spiro atoms. The van der Waals surface area contributed by atoms with Crippen LogP contribution in [0.2, 0.25) is 0 Å². The Balaban J connectivity index is 1.92. The minimum atomic E-state index is -0.417. The molecule has 0 bridgehead atoms. The lowest BCUT2D eigenvalue weighted by Gasteiger charge is -2.18. The van der Waals surface area contributed by atoms with E-state index in [0.717, 1.165) is 19.4 Å². The van der Waals surface area contributed by atoms with Crippen LogP contribution in [0.15, 0.2) is 18.2 Å². The fourth-order valence-electron chi connectivity index (χ4n) is 2.40. The van der Waals surface area contributed by atoms with Crippen LogP contribution in [0.3, 0.4) is 0 Å². The molecule has 100 valence electrons. The van der Waals surface area contributed by atoms with Gasteiger partial charge in [-0.25, -0.2) is 8.78 Å². The molecule has 2 rings (SSSR count). The molecule has 1 nitrogen and oxygen atoms in total. The fraction of sp³-hybridized carbons (Fsp3) is 0.600. The second kappa shape index (κ2) is 6.28. The van der Waals surface area contributed by atoms with Gasteiger partial charge >= 0.3 is 0 Å². The number of hydrogen-bond acceptors (Lipinski definition) is 1. The third-order valence-electron chi connectivity index (χ3n) is 3.61. The van der Waals surface area contributed by atoms with E-state index in [1.807, 2.05) is 0 Å². The summed E-state index contributed by atoms with van der Waals surface area (Å²) in [6.45, 7) is 3.12. The van der Waals surface area contributed by atoms with Crippen molar-refractivity contribution < 1.29 is 8.78 Å². The Hall–Kier alpha value is -0.960. The summed E-state index contributed by atoms with van der Waals surface area (Å²) in [6.07, 6.45) is 4.90. The third kappa shape index (κ3) is 3.52. The lowest BCUT2D eigenvalue weighted by atomic mass is 10.0. The quantitative estimate of drug-likeness (QED) is 0.781. The van der Waals surface area contributed by atoms with Crippen molar-refractivity contribution in [3.8, 4) is 0 Å². The second-order valence-corrected chi connectivity index (χ2v) is 5.14. The highest BCUT2D eigenvalue weighted by Crippen LogP contribution is 2.34. The molecule has 1 saturated carbocycles. The summed E-state index contributed by atoms with van der Waals surface area (Å²) in [7, 11) is 0. The van der Waals surface area contributed by atoms with E-state index in [1.54, 1.807) is 0 Å². The molecular formula is C15H21F2N. The minimum Gasteiger partial charge on any atom is -0.314 e. The van der Waals surface area contributed by atoms with Gasteiger partial charge < -0.3 is 5.32 Å². The van der Waals surface area contributed by atoms with E-state index in [1.165, 1.54) is 31.0 Å². The molecule has 1 unspecified atom stereocenters. The molecule has 0 amide bonds. The van der Waals surface area contributed by atoms with E-state index in [-0.39, 0.29) is 5.56 Å². The normalized spacial score (nSPS) is 16.8. The molecule has 1 atom stereocenters. The van der Waals surface area contributed by atoms with Crippen molar-refractivity contribution in [3.05, 3.63) is 35.4 Å². The first-order chi connectivity index (χ1) is 8.72. The fourth-order valence-corrected chi connectivity index (χ4v) is 2.40. The van der Waals surface area contributed by atoms with Gasteiger partial charge in [0.15, 0.2) is 0 Å². The van der Waals surface area contributed by atoms with Crippen LogP contribution in [0.5, 0.6) is 0 Å². The van der Waals surface area contributed by atoms with Crippen molar-refractivity contribution in [1.29, 1.82) is 0 Å². The topological polar surface area (TPSA) is 12.0 Å². The summed E-state index contributed by atoms with van der Waals surface area (Å²) < 4.78 is 27.0. The molecule has 0 heterocycles. The zero-order chi connectivity index (χ0) is 13.0. The zero-order valence-corrected chi connectivity index (χ0v) is 10.9. The van der Waals surface area contributed by atoms with Crippen molar-refractivity contribution in [2.45, 2.75) is 45.1 Å². The van der Waals surface area contributed by atoms with Gasteiger partial charge in [-0.2, -0.15) is 0 Å². The molecule has 0 aromatic heterocycles. The van der Waals surface area contributed by atoms with E-state index in [2.05, 4.69) is 12.2 Å². The average Bonchev–Trinajstić information content (AvgIpc) is 3.16. The van der Waals surface area contributed by atoms with Crippen LogP contribution in [0.25, 0.3) is 0 Å². The molecule has 0 aliphatic heterocycles. The van der Waals surface area contributed by atoms with Gasteiger partial charge in [0.1, 0.15) is 11.6 Å². The summed E-state index contributed by atoms with van der Waals surface area (Å²) in [4.78, 5) is 0. The molecule has 3 heteroatoms. The van der Waals surface area contributed by atoms with Crippen molar-refractivity contribution in [2.75, 3.05) is 6.54 Å². The Bertz CT molecular complexity index is 368. The summed E-state index contributed by atoms with van der Waals surface area (Å²) in [5, 5.41) is 3.50. The van der Waals surface area contributed by atoms with E-state index < -0.39 is 11.6 Å². The lowest BCUT2D eigenvalue weighted by Crippen LogP contribution is -2.32. The van der Waals surface area contributed by atoms with Crippen LogP contribution in [0, 0.1) is 17.6 Å². The molecule has 1 aromatic rings. The number of rotatable bonds is 7. The summed E-state index contributed by atoms with van der Waals surface area (Å²) in [5.41, 5.74) is 0.237. The predicted molar refractivity (Wildman–Crippen MR) is 69.5 cm³/mol. The van der Waals surface area contributed by atoms with Gasteiger partial charge in [-0.3, -0.25) is 0 Å². The van der Waals surface area contributed by atoms with Crippen LogP contribution in [0.1, 0.15) is 38.2 Å². The predicted octanol–water partition coefficient (Wildman–Crippen LogP) is 3.68. The molecular weight excluding hydrogens is 232 g/mol. The zero-order valence-electron chi connectivity index (χ0n) is 10.9. The highest BCUT2D eigenvalue weighted by molar-refractivity contribution is 5.20. The smallest absolute Gasteiger partial charge is 0.129 e. The Morgan fingerprint density at radius 1 is 1.28 bits per heavy atom. The Morgan fingerprint density at radius 3 is 2.50 bits per heavy atom. The Kier molecular flexibility index (Phi) is 4.70. The van der Waals surface area contributed by atoms with E-state index in [4.69, 9.17) is 0 Å². The number of benzene rings is 1. The van der Waals surface area contributed by atoms with Crippen molar-refractivity contribution in [3.63, 3.8) is 0 Å². The van der Waals surface area contributed by atoms with Crippen LogP contribution >= 0.6 is 0 Å². The maximum atomic E-state index is 13.5. The Labute approximate surface area is 108 Å². The lowest BCUT2D eigenvalue weighted by molar-refractivity contribution is 0.428. The summed E-state index contributed by atoms with van der Waals surface area (Å²) in [6, 6.07) is 4.51. The number of nitrogens with one attached hydrogen (secondary N) is 1. The van der Waals surface area contributed by atoms with Gasteiger partial charge in [0.05, 0.1) is 0 Å². The van der Waals surface area contributed by atoms with Crippen molar-refractivity contribution in [2.24, 2.45) is 5.92 Å². The van der Waals surface area contributed by atoms with Gasteiger partial charge in [0.25, 0.3) is 0 Å². The van der Waals surface area contributed by atoms with Gasteiger partial charge in [0.2, 0.25) is 0 Å². The molecule has 1 aliphatic rings. The highest BCUT2D eigenvalue weighted by atomic mass is 19.1. The van der Waals surface area contributed by atoms with Crippen LogP contribution in [-0.2, 0) is 6.42 Å². The van der Waals surface area contributed by atoms with Crippen molar-refractivity contribution >= 4 is 0 Å². The minimum absolute atomic E-state index is 0.237. The van der Waals surface area contributed by atoms with Gasteiger partial charge in [0, 0.05) is 11.6 Å². The maximum Gasteiger partial charge on any atom is 0.129 e. The van der Waals surface area contributed by atoms with E-state index >= 15 is 0 Å². The average molecular weight is 253 g/mol. The third-order valence-corrected chi connectivity index (χ3v) is 3.61. The second-order valence-electron chi connectivity index (χ2n) is 5.14. The molecule has 18 heavy (non-hydrogen) atoms. The first-order valence-corrected chi connectivity index (χ1v) is 6.88. The van der Waals surface area contributed by atoms with Gasteiger partial charge in [-0.05, 0) is 56.7 Å². The van der Waals surface area contributed by atoms with E-state index in [9.17, 15) is 8.78 Å². The van der Waals surface area contributed by atoms with Crippen LogP contribution < -0.4 is 5.32 Å². The first-order valence-electron chi connectivity index (χ1n) is 6.88. The first kappa shape index (κ1) is 13.5. The van der Waals surface area contributed by atoms with Crippen LogP contribution in [-0.4, -0.2) is 12.6 Å².